The molecule has 1 saturated heterocycles. The molecular weight excluding hydrogens is 536 g/mol. The molecule has 4 unspecified atom stereocenters. The molecule has 0 radical (unpaired) electrons. The summed E-state index contributed by atoms with van der Waals surface area (Å²) in [7, 11) is 1.71. The maximum Gasteiger partial charge on any atom is 0.311 e. The van der Waals surface area contributed by atoms with Crippen LogP contribution in [0.4, 0.5) is 0 Å². The molecule has 2 aromatic rings. The van der Waals surface area contributed by atoms with Crippen molar-refractivity contribution in [2.45, 2.75) is 90.4 Å². The molecule has 1 N–H and O–H groups in total. The largest absolute Gasteiger partial charge is 0.454 e. The fourth-order valence-corrected chi connectivity index (χ4v) is 4.49. The summed E-state index contributed by atoms with van der Waals surface area (Å²) in [5.74, 6) is -0.402. The summed E-state index contributed by atoms with van der Waals surface area (Å²) in [5, 5.41) is 10.4. The zero-order valence-electron chi connectivity index (χ0n) is 25.5. The van der Waals surface area contributed by atoms with Crippen molar-refractivity contribution in [1.82, 2.24) is 0 Å². The Balaban J connectivity index is 1.79. The predicted octanol–water partition coefficient (Wildman–Crippen LogP) is 5.61. The van der Waals surface area contributed by atoms with E-state index in [1.165, 1.54) is 0 Å². The lowest BCUT2D eigenvalue weighted by atomic mass is 9.95. The second-order valence-corrected chi connectivity index (χ2v) is 11.5. The van der Waals surface area contributed by atoms with Crippen molar-refractivity contribution in [2.24, 2.45) is 5.41 Å². The van der Waals surface area contributed by atoms with Crippen LogP contribution in [0, 0.1) is 5.41 Å². The number of benzene rings is 2. The first kappa shape index (κ1) is 33.9. The van der Waals surface area contributed by atoms with Gasteiger partial charge in [-0.2, -0.15) is 0 Å². The van der Waals surface area contributed by atoms with Crippen LogP contribution in [0.5, 0.6) is 0 Å². The van der Waals surface area contributed by atoms with E-state index >= 15 is 0 Å². The number of hydrogen-bond acceptors (Lipinski definition) is 8. The van der Waals surface area contributed by atoms with Gasteiger partial charge in [-0.3, -0.25) is 4.79 Å². The van der Waals surface area contributed by atoms with Gasteiger partial charge in [0.25, 0.3) is 0 Å². The van der Waals surface area contributed by atoms with E-state index in [1.807, 2.05) is 60.7 Å². The topological polar surface area (TPSA) is 92.7 Å². The highest BCUT2D eigenvalue weighted by atomic mass is 16.7. The van der Waals surface area contributed by atoms with E-state index in [4.69, 9.17) is 28.4 Å². The van der Waals surface area contributed by atoms with Crippen molar-refractivity contribution in [2.75, 3.05) is 26.9 Å². The highest BCUT2D eigenvalue weighted by Gasteiger charge is 2.50. The minimum absolute atomic E-state index is 0.263. The van der Waals surface area contributed by atoms with Crippen LogP contribution in [0.2, 0.25) is 0 Å². The smallest absolute Gasteiger partial charge is 0.311 e. The summed E-state index contributed by atoms with van der Waals surface area (Å²) in [4.78, 5) is 13.2. The number of ether oxygens (including phenoxy) is 6. The van der Waals surface area contributed by atoms with Gasteiger partial charge in [0.15, 0.2) is 12.4 Å². The Morgan fingerprint density at radius 3 is 1.88 bits per heavy atom. The molecule has 232 valence electrons. The van der Waals surface area contributed by atoms with Crippen molar-refractivity contribution >= 4 is 5.97 Å². The number of aliphatic hydroxyl groups is 1. The molecule has 0 amide bonds. The summed E-state index contributed by atoms with van der Waals surface area (Å²) in [5.41, 5.74) is 1.17. The van der Waals surface area contributed by atoms with Gasteiger partial charge in [0.05, 0.1) is 31.8 Å². The fourth-order valence-electron chi connectivity index (χ4n) is 4.49. The molecule has 0 bridgehead atoms. The molecule has 8 nitrogen and oxygen atoms in total. The van der Waals surface area contributed by atoms with E-state index in [1.54, 1.807) is 27.9 Å². The first-order chi connectivity index (χ1) is 20.3. The molecule has 3 rings (SSSR count). The Morgan fingerprint density at radius 2 is 1.36 bits per heavy atom. The van der Waals surface area contributed by atoms with Gasteiger partial charge in [-0.1, -0.05) is 72.8 Å². The zero-order chi connectivity index (χ0) is 30.2. The molecule has 0 aromatic heterocycles. The van der Waals surface area contributed by atoms with Gasteiger partial charge in [-0.15, -0.1) is 0 Å². The Bertz CT molecular complexity index is 1040. The number of carbonyl (C=O) groups excluding carboxylic acids is 1. The number of carbonyl (C=O) groups is 1. The Hall–Kier alpha value is -2.59. The van der Waals surface area contributed by atoms with Gasteiger partial charge in [0.1, 0.15) is 18.3 Å². The average molecular weight is 585 g/mol. The first-order valence-corrected chi connectivity index (χ1v) is 14.9. The molecule has 0 spiro atoms. The van der Waals surface area contributed by atoms with E-state index in [0.29, 0.717) is 6.61 Å². The highest BCUT2D eigenvalue weighted by Crippen LogP contribution is 2.32. The van der Waals surface area contributed by atoms with Crippen LogP contribution in [0.1, 0.15) is 57.6 Å². The number of esters is 1. The second kappa shape index (κ2) is 18.2. The SMILES string of the molecule is COCCC/C=C\CCCOC1OC(CO)[C@H](OCc2ccccc2)C(OCc2ccccc2)C1OC(=O)C(C)(C)C. The maximum absolute atomic E-state index is 13.2. The number of hydrogen-bond donors (Lipinski definition) is 1. The third kappa shape index (κ3) is 11.2. The van der Waals surface area contributed by atoms with E-state index < -0.39 is 42.1 Å². The number of methoxy groups -OCH3 is 1. The summed E-state index contributed by atoms with van der Waals surface area (Å²) >= 11 is 0. The lowest BCUT2D eigenvalue weighted by molar-refractivity contribution is -0.320. The third-order valence-electron chi connectivity index (χ3n) is 6.88. The van der Waals surface area contributed by atoms with Crippen molar-refractivity contribution < 1.29 is 38.3 Å². The molecule has 1 heterocycles. The van der Waals surface area contributed by atoms with Crippen molar-refractivity contribution in [1.29, 1.82) is 0 Å². The molecule has 42 heavy (non-hydrogen) atoms. The molecule has 0 saturated carbocycles. The first-order valence-electron chi connectivity index (χ1n) is 14.9. The Labute approximate surface area is 250 Å². The number of allylic oxidation sites excluding steroid dienone is 2. The fraction of sp³-hybridized carbons (Fsp3) is 0.559. The molecule has 1 aliphatic rings. The summed E-state index contributed by atoms with van der Waals surface area (Å²) in [6, 6.07) is 19.5. The van der Waals surface area contributed by atoms with E-state index in [0.717, 1.165) is 43.4 Å². The lowest BCUT2D eigenvalue weighted by Crippen LogP contribution is -2.62. The van der Waals surface area contributed by atoms with Gasteiger partial charge < -0.3 is 33.5 Å². The van der Waals surface area contributed by atoms with Gasteiger partial charge in [-0.25, -0.2) is 0 Å². The highest BCUT2D eigenvalue weighted by molar-refractivity contribution is 5.75. The standard InChI is InChI=1S/C34H48O8/c1-34(2,3)33(36)42-31-30(40-25-27-19-13-10-14-20-27)29(39-24-26-17-11-9-12-18-26)28(23-35)41-32(31)38-22-16-8-6-5-7-15-21-37-4/h5-6,9-14,17-20,28-32,35H,7-8,15-16,21-25H2,1-4H3/b6-5-/t28?,29-,30?,31?,32?/m0/s1. The van der Waals surface area contributed by atoms with Crippen LogP contribution in [-0.2, 0) is 46.4 Å². The molecular formula is C34H48O8. The van der Waals surface area contributed by atoms with Crippen LogP contribution < -0.4 is 0 Å². The van der Waals surface area contributed by atoms with Crippen LogP contribution >= 0.6 is 0 Å². The molecule has 2 aromatic carbocycles. The van der Waals surface area contributed by atoms with Crippen molar-refractivity contribution in [3.8, 4) is 0 Å². The Morgan fingerprint density at radius 1 is 0.810 bits per heavy atom. The van der Waals surface area contributed by atoms with E-state index in [2.05, 4.69) is 12.2 Å². The summed E-state index contributed by atoms with van der Waals surface area (Å²) in [6.45, 7) is 6.76. The summed E-state index contributed by atoms with van der Waals surface area (Å²) in [6.07, 6.45) is 3.77. The van der Waals surface area contributed by atoms with E-state index in [9.17, 15) is 9.90 Å². The molecule has 5 atom stereocenters. The van der Waals surface area contributed by atoms with Gasteiger partial charge in [0.2, 0.25) is 0 Å². The molecule has 1 aliphatic heterocycles. The maximum atomic E-state index is 13.2. The van der Waals surface area contributed by atoms with Crippen molar-refractivity contribution in [3.05, 3.63) is 83.9 Å². The third-order valence-corrected chi connectivity index (χ3v) is 6.88. The molecule has 8 heteroatoms. The normalized spacial score (nSPS) is 22.8. The molecule has 1 fully saturated rings. The quantitative estimate of drug-likeness (QED) is 0.146. The van der Waals surface area contributed by atoms with Crippen LogP contribution in [-0.4, -0.2) is 68.7 Å². The van der Waals surface area contributed by atoms with Gasteiger partial charge in [0, 0.05) is 13.7 Å². The number of rotatable bonds is 17. The van der Waals surface area contributed by atoms with Crippen LogP contribution in [0.15, 0.2) is 72.8 Å². The zero-order valence-corrected chi connectivity index (χ0v) is 25.5. The van der Waals surface area contributed by atoms with Crippen molar-refractivity contribution in [3.63, 3.8) is 0 Å². The monoisotopic (exact) mass is 584 g/mol. The minimum Gasteiger partial charge on any atom is -0.454 e. The van der Waals surface area contributed by atoms with Gasteiger partial charge >= 0.3 is 5.97 Å². The predicted molar refractivity (Wildman–Crippen MR) is 161 cm³/mol. The number of aliphatic hydroxyl groups excluding tert-OH is 1. The van der Waals surface area contributed by atoms with Crippen LogP contribution in [0.25, 0.3) is 0 Å². The Kier molecular flexibility index (Phi) is 14.7. The van der Waals surface area contributed by atoms with Crippen LogP contribution in [0.3, 0.4) is 0 Å². The minimum atomic E-state index is -0.934. The van der Waals surface area contributed by atoms with Gasteiger partial charge in [-0.05, 0) is 57.6 Å². The lowest BCUT2D eigenvalue weighted by Gasteiger charge is -2.45. The number of unbranched alkanes of at least 4 members (excludes halogenated alkanes) is 2. The summed E-state index contributed by atoms with van der Waals surface area (Å²) < 4.78 is 36.4. The second-order valence-electron chi connectivity index (χ2n) is 11.5. The average Bonchev–Trinajstić information content (AvgIpc) is 2.99. The molecule has 0 aliphatic carbocycles. The van der Waals surface area contributed by atoms with E-state index in [-0.39, 0.29) is 19.8 Å².